The van der Waals surface area contributed by atoms with Crippen LogP contribution in [-0.4, -0.2) is 56.8 Å². The molecule has 0 saturated carbocycles. The SMILES string of the molecule is CN(C)C(=O)c1cc(S(=O)(=O)N(C)C)ccc1O. The van der Waals surface area contributed by atoms with Crippen LogP contribution in [0.2, 0.25) is 0 Å². The Balaban J connectivity index is 3.38. The minimum absolute atomic E-state index is 0.0319. The van der Waals surface area contributed by atoms with Crippen LogP contribution in [0, 0.1) is 0 Å². The Bertz CT molecular complexity index is 564. The molecule has 0 aromatic heterocycles. The van der Waals surface area contributed by atoms with Crippen molar-refractivity contribution >= 4 is 15.9 Å². The normalized spacial score (nSPS) is 11.6. The lowest BCUT2D eigenvalue weighted by atomic mass is 10.2. The molecule has 0 aliphatic carbocycles. The van der Waals surface area contributed by atoms with Crippen LogP contribution in [0.5, 0.6) is 5.75 Å². The Morgan fingerprint density at radius 3 is 2.17 bits per heavy atom. The van der Waals surface area contributed by atoms with Crippen LogP contribution in [0.4, 0.5) is 0 Å². The summed E-state index contributed by atoms with van der Waals surface area (Å²) in [5.41, 5.74) is -0.0390. The molecule has 0 spiro atoms. The summed E-state index contributed by atoms with van der Waals surface area (Å²) in [6, 6.07) is 3.64. The average molecular weight is 272 g/mol. The van der Waals surface area contributed by atoms with E-state index < -0.39 is 15.9 Å². The summed E-state index contributed by atoms with van der Waals surface area (Å²) in [7, 11) is 2.22. The Morgan fingerprint density at radius 1 is 1.17 bits per heavy atom. The maximum absolute atomic E-state index is 11.9. The highest BCUT2D eigenvalue weighted by atomic mass is 32.2. The zero-order valence-electron chi connectivity index (χ0n) is 10.7. The highest BCUT2D eigenvalue weighted by Crippen LogP contribution is 2.23. The van der Waals surface area contributed by atoms with E-state index in [-0.39, 0.29) is 16.2 Å². The highest BCUT2D eigenvalue weighted by molar-refractivity contribution is 7.89. The molecule has 18 heavy (non-hydrogen) atoms. The van der Waals surface area contributed by atoms with Gasteiger partial charge in [0.1, 0.15) is 5.75 Å². The van der Waals surface area contributed by atoms with Gasteiger partial charge in [-0.3, -0.25) is 4.79 Å². The van der Waals surface area contributed by atoms with Gasteiger partial charge in [0, 0.05) is 28.2 Å². The van der Waals surface area contributed by atoms with Crippen molar-refractivity contribution in [3.63, 3.8) is 0 Å². The van der Waals surface area contributed by atoms with E-state index in [4.69, 9.17) is 0 Å². The predicted molar refractivity (Wildman–Crippen MR) is 67.0 cm³/mol. The smallest absolute Gasteiger partial charge is 0.257 e. The molecule has 0 heterocycles. The van der Waals surface area contributed by atoms with Crippen molar-refractivity contribution in [1.29, 1.82) is 0 Å². The van der Waals surface area contributed by atoms with Crippen LogP contribution in [0.15, 0.2) is 23.1 Å². The molecule has 1 amide bonds. The first-order valence-corrected chi connectivity index (χ1v) is 6.59. The second-order valence-corrected chi connectivity index (χ2v) is 6.32. The van der Waals surface area contributed by atoms with Crippen LogP contribution in [-0.2, 0) is 10.0 Å². The van der Waals surface area contributed by atoms with E-state index in [1.165, 1.54) is 51.3 Å². The van der Waals surface area contributed by atoms with Gasteiger partial charge in [-0.15, -0.1) is 0 Å². The second kappa shape index (κ2) is 4.95. The lowest BCUT2D eigenvalue weighted by Gasteiger charge is -2.15. The van der Waals surface area contributed by atoms with Gasteiger partial charge in [-0.05, 0) is 18.2 Å². The first kappa shape index (κ1) is 14.5. The molecule has 7 heteroatoms. The highest BCUT2D eigenvalue weighted by Gasteiger charge is 2.21. The molecule has 0 fully saturated rings. The third-order valence-electron chi connectivity index (χ3n) is 2.38. The topological polar surface area (TPSA) is 77.9 Å². The van der Waals surface area contributed by atoms with Gasteiger partial charge in [0.25, 0.3) is 5.91 Å². The molecule has 6 nitrogen and oxygen atoms in total. The van der Waals surface area contributed by atoms with Gasteiger partial charge in [-0.1, -0.05) is 0 Å². The molecular weight excluding hydrogens is 256 g/mol. The number of sulfonamides is 1. The first-order valence-electron chi connectivity index (χ1n) is 5.15. The summed E-state index contributed by atoms with van der Waals surface area (Å²) in [5.74, 6) is -0.699. The second-order valence-electron chi connectivity index (χ2n) is 4.17. The van der Waals surface area contributed by atoms with Crippen molar-refractivity contribution in [3.05, 3.63) is 23.8 Å². The van der Waals surface area contributed by atoms with E-state index in [0.717, 1.165) is 4.31 Å². The monoisotopic (exact) mass is 272 g/mol. The fraction of sp³-hybridized carbons (Fsp3) is 0.364. The van der Waals surface area contributed by atoms with Crippen LogP contribution in [0.1, 0.15) is 10.4 Å². The Morgan fingerprint density at radius 2 is 1.72 bits per heavy atom. The molecule has 1 N–H and O–H groups in total. The number of amides is 1. The summed E-state index contributed by atoms with van der Waals surface area (Å²) >= 11 is 0. The number of nitrogens with zero attached hydrogens (tertiary/aromatic N) is 2. The van der Waals surface area contributed by atoms with E-state index in [0.29, 0.717) is 0 Å². The van der Waals surface area contributed by atoms with Crippen molar-refractivity contribution in [2.75, 3.05) is 28.2 Å². The fourth-order valence-electron chi connectivity index (χ4n) is 1.30. The van der Waals surface area contributed by atoms with E-state index in [1.54, 1.807) is 0 Å². The van der Waals surface area contributed by atoms with Gasteiger partial charge in [-0.2, -0.15) is 0 Å². The van der Waals surface area contributed by atoms with Gasteiger partial charge in [0.2, 0.25) is 10.0 Å². The van der Waals surface area contributed by atoms with Crippen LogP contribution in [0.25, 0.3) is 0 Å². The summed E-state index contributed by atoms with van der Waals surface area (Å²) in [4.78, 5) is 13.0. The minimum atomic E-state index is -3.62. The number of phenolic OH excluding ortho intramolecular Hbond substituents is 1. The van der Waals surface area contributed by atoms with Crippen molar-refractivity contribution in [3.8, 4) is 5.75 Å². The summed E-state index contributed by atoms with van der Waals surface area (Å²) < 4.78 is 24.9. The molecular formula is C11H16N2O4S. The molecule has 0 unspecified atom stereocenters. The lowest BCUT2D eigenvalue weighted by Crippen LogP contribution is -2.24. The molecule has 1 aromatic carbocycles. The standard InChI is InChI=1S/C11H16N2O4S/c1-12(2)11(15)9-7-8(5-6-10(9)14)18(16,17)13(3)4/h5-7,14H,1-4H3. The van der Waals surface area contributed by atoms with Crippen molar-refractivity contribution < 1.29 is 18.3 Å². The zero-order valence-corrected chi connectivity index (χ0v) is 11.5. The number of benzene rings is 1. The number of hydrogen-bond donors (Lipinski definition) is 1. The largest absolute Gasteiger partial charge is 0.507 e. The Kier molecular flexibility index (Phi) is 3.98. The molecule has 1 rings (SSSR count). The van der Waals surface area contributed by atoms with Crippen molar-refractivity contribution in [1.82, 2.24) is 9.21 Å². The number of carbonyl (C=O) groups is 1. The van der Waals surface area contributed by atoms with Gasteiger partial charge < -0.3 is 10.0 Å². The number of rotatable bonds is 3. The van der Waals surface area contributed by atoms with Gasteiger partial charge in [0.15, 0.2) is 0 Å². The summed E-state index contributed by atoms with van der Waals surface area (Å²) in [6.07, 6.45) is 0. The molecule has 0 aliphatic heterocycles. The van der Waals surface area contributed by atoms with E-state index in [9.17, 15) is 18.3 Å². The van der Waals surface area contributed by atoms with Crippen LogP contribution < -0.4 is 0 Å². The first-order chi connectivity index (χ1) is 8.17. The van der Waals surface area contributed by atoms with Crippen molar-refractivity contribution in [2.24, 2.45) is 0 Å². The van der Waals surface area contributed by atoms with Crippen LogP contribution in [0.3, 0.4) is 0 Å². The fourth-order valence-corrected chi connectivity index (χ4v) is 2.23. The number of phenols is 1. The van der Waals surface area contributed by atoms with Gasteiger partial charge in [-0.25, -0.2) is 12.7 Å². The Hall–Kier alpha value is -1.60. The molecule has 0 atom stereocenters. The van der Waals surface area contributed by atoms with E-state index in [1.807, 2.05) is 0 Å². The number of aromatic hydroxyl groups is 1. The molecule has 1 aromatic rings. The zero-order chi connectivity index (χ0) is 14.1. The number of hydrogen-bond acceptors (Lipinski definition) is 4. The maximum Gasteiger partial charge on any atom is 0.257 e. The Labute approximate surface area is 106 Å². The molecule has 0 radical (unpaired) electrons. The van der Waals surface area contributed by atoms with Crippen molar-refractivity contribution in [2.45, 2.75) is 4.90 Å². The molecule has 0 saturated heterocycles. The third-order valence-corrected chi connectivity index (χ3v) is 4.19. The summed E-state index contributed by atoms with van der Waals surface area (Å²) in [5, 5.41) is 9.60. The minimum Gasteiger partial charge on any atom is -0.507 e. The van der Waals surface area contributed by atoms with E-state index >= 15 is 0 Å². The van der Waals surface area contributed by atoms with Gasteiger partial charge >= 0.3 is 0 Å². The molecule has 100 valence electrons. The summed E-state index contributed by atoms with van der Waals surface area (Å²) in [6.45, 7) is 0. The average Bonchev–Trinajstić information content (AvgIpc) is 2.28. The maximum atomic E-state index is 11.9. The number of carbonyl (C=O) groups excluding carboxylic acids is 1. The molecule has 0 bridgehead atoms. The molecule has 0 aliphatic rings. The lowest BCUT2D eigenvalue weighted by molar-refractivity contribution is 0.0824. The predicted octanol–water partition coefficient (Wildman–Crippen LogP) is 0.344. The quantitative estimate of drug-likeness (QED) is 0.861. The third kappa shape index (κ3) is 2.62. The van der Waals surface area contributed by atoms with Gasteiger partial charge in [0.05, 0.1) is 10.5 Å². The van der Waals surface area contributed by atoms with Crippen LogP contribution >= 0.6 is 0 Å². The van der Waals surface area contributed by atoms with E-state index in [2.05, 4.69) is 0 Å².